The molecule has 1 aromatic heterocycles. The van der Waals surface area contributed by atoms with E-state index in [1.165, 1.54) is 0 Å². The van der Waals surface area contributed by atoms with Gasteiger partial charge in [-0.05, 0) is 18.6 Å². The van der Waals surface area contributed by atoms with Gasteiger partial charge in [0.15, 0.2) is 0 Å². The average molecular weight is 339 g/mol. The van der Waals surface area contributed by atoms with Crippen molar-refractivity contribution < 1.29 is 18.4 Å². The smallest absolute Gasteiger partial charge is 0.353 e. The van der Waals surface area contributed by atoms with Crippen LogP contribution in [0.1, 0.15) is 6.42 Å². The quantitative estimate of drug-likeness (QED) is 0.433. The Kier molecular flexibility index (Phi) is 5.90. The lowest BCUT2D eigenvalue weighted by Crippen LogP contribution is -2.10. The second-order valence-corrected chi connectivity index (χ2v) is 4.70. The van der Waals surface area contributed by atoms with Crippen molar-refractivity contribution in [3.8, 4) is 0 Å². The molecule has 0 aliphatic heterocycles. The predicted octanol–water partition coefficient (Wildman–Crippen LogP) is 2.86. The lowest BCUT2D eigenvalue weighted by Gasteiger charge is -2.10. The zero-order valence-corrected chi connectivity index (χ0v) is 12.8. The first kappa shape index (κ1) is 17.5. The fraction of sp³-hybridized carbons (Fsp3) is 0.286. The number of anilines is 3. The van der Waals surface area contributed by atoms with E-state index in [9.17, 15) is 18.9 Å². The summed E-state index contributed by atoms with van der Waals surface area (Å²) < 4.78 is 31.5. The highest BCUT2D eigenvalue weighted by Crippen LogP contribution is 2.31. The molecule has 0 unspecified atom stereocenters. The Labute approximate surface area is 136 Å². The Bertz CT molecular complexity index is 730. The number of nitro groups is 1. The molecule has 0 radical (unpaired) electrons. The Morgan fingerprint density at radius 2 is 2.04 bits per heavy atom. The number of nitrogens with zero attached hydrogens (tertiary/aromatic N) is 3. The van der Waals surface area contributed by atoms with Crippen molar-refractivity contribution in [1.29, 1.82) is 0 Å². The van der Waals surface area contributed by atoms with E-state index in [-0.39, 0.29) is 17.3 Å². The van der Waals surface area contributed by atoms with Crippen molar-refractivity contribution in [2.45, 2.75) is 6.42 Å². The first-order valence-corrected chi connectivity index (χ1v) is 6.97. The molecular formula is C14H15F2N5O3. The van der Waals surface area contributed by atoms with Gasteiger partial charge in [0.2, 0.25) is 11.6 Å². The van der Waals surface area contributed by atoms with Crippen LogP contribution in [0.5, 0.6) is 0 Å². The maximum Gasteiger partial charge on any atom is 0.353 e. The van der Waals surface area contributed by atoms with Crippen molar-refractivity contribution in [3.05, 3.63) is 46.3 Å². The number of benzene rings is 1. The average Bonchev–Trinajstić information content (AvgIpc) is 2.54. The molecule has 0 aliphatic carbocycles. The van der Waals surface area contributed by atoms with E-state index in [1.54, 1.807) is 7.11 Å². The number of aromatic nitrogens is 2. The van der Waals surface area contributed by atoms with Crippen LogP contribution in [0.3, 0.4) is 0 Å². The van der Waals surface area contributed by atoms with Crippen LogP contribution in [0.15, 0.2) is 24.5 Å². The number of halogens is 2. The summed E-state index contributed by atoms with van der Waals surface area (Å²) in [5, 5.41) is 16.6. The first-order valence-electron chi connectivity index (χ1n) is 6.97. The third kappa shape index (κ3) is 4.32. The molecule has 2 aromatic rings. The van der Waals surface area contributed by atoms with Gasteiger partial charge in [0.1, 0.15) is 18.0 Å². The SMILES string of the molecule is COCCCNc1ncnc(Nc2ccc(F)cc2F)c1[N+](=O)[O-]. The molecule has 0 bridgehead atoms. The van der Waals surface area contributed by atoms with Gasteiger partial charge in [-0.15, -0.1) is 0 Å². The van der Waals surface area contributed by atoms with Crippen molar-refractivity contribution >= 4 is 23.0 Å². The number of hydrogen-bond acceptors (Lipinski definition) is 7. The monoisotopic (exact) mass is 339 g/mol. The molecule has 1 aromatic carbocycles. The minimum Gasteiger partial charge on any atom is -0.385 e. The van der Waals surface area contributed by atoms with Gasteiger partial charge in [-0.25, -0.2) is 18.7 Å². The third-order valence-corrected chi connectivity index (χ3v) is 3.01. The highest BCUT2D eigenvalue weighted by atomic mass is 19.1. The Balaban J connectivity index is 2.27. The van der Waals surface area contributed by atoms with Crippen molar-refractivity contribution in [2.24, 2.45) is 0 Å². The van der Waals surface area contributed by atoms with Crippen LogP contribution >= 0.6 is 0 Å². The summed E-state index contributed by atoms with van der Waals surface area (Å²) in [7, 11) is 1.55. The minimum atomic E-state index is -0.891. The summed E-state index contributed by atoms with van der Waals surface area (Å²) in [6.07, 6.45) is 1.72. The van der Waals surface area contributed by atoms with Gasteiger partial charge < -0.3 is 15.4 Å². The number of rotatable bonds is 8. The van der Waals surface area contributed by atoms with E-state index in [2.05, 4.69) is 20.6 Å². The van der Waals surface area contributed by atoms with Crippen LogP contribution in [-0.4, -0.2) is 35.2 Å². The fourth-order valence-electron chi connectivity index (χ4n) is 1.91. The second-order valence-electron chi connectivity index (χ2n) is 4.70. The molecule has 0 saturated heterocycles. The molecule has 0 aliphatic rings. The summed E-state index contributed by atoms with van der Waals surface area (Å²) in [5.74, 6) is -1.85. The molecule has 0 saturated carbocycles. The van der Waals surface area contributed by atoms with Crippen molar-refractivity contribution in [3.63, 3.8) is 0 Å². The summed E-state index contributed by atoms with van der Waals surface area (Å²) in [4.78, 5) is 18.3. The van der Waals surface area contributed by atoms with Crippen molar-refractivity contribution in [1.82, 2.24) is 9.97 Å². The van der Waals surface area contributed by atoms with E-state index < -0.39 is 22.2 Å². The third-order valence-electron chi connectivity index (χ3n) is 3.01. The van der Waals surface area contributed by atoms with Crippen LogP contribution in [0, 0.1) is 21.7 Å². The van der Waals surface area contributed by atoms with E-state index in [1.807, 2.05) is 0 Å². The van der Waals surface area contributed by atoms with Crippen LogP contribution < -0.4 is 10.6 Å². The largest absolute Gasteiger partial charge is 0.385 e. The fourth-order valence-corrected chi connectivity index (χ4v) is 1.91. The normalized spacial score (nSPS) is 10.5. The zero-order chi connectivity index (χ0) is 17.5. The number of hydrogen-bond donors (Lipinski definition) is 2. The molecule has 2 N–H and O–H groups in total. The van der Waals surface area contributed by atoms with Crippen LogP contribution in [-0.2, 0) is 4.74 Å². The minimum absolute atomic E-state index is 0.00359. The van der Waals surface area contributed by atoms with Gasteiger partial charge in [0, 0.05) is 26.3 Å². The summed E-state index contributed by atoms with van der Waals surface area (Å²) in [6, 6.07) is 2.82. The molecule has 0 amide bonds. The van der Waals surface area contributed by atoms with E-state index in [0.29, 0.717) is 25.6 Å². The highest BCUT2D eigenvalue weighted by molar-refractivity contribution is 5.73. The van der Waals surface area contributed by atoms with E-state index in [4.69, 9.17) is 4.74 Å². The van der Waals surface area contributed by atoms with Gasteiger partial charge >= 0.3 is 5.69 Å². The Morgan fingerprint density at radius 1 is 1.29 bits per heavy atom. The van der Waals surface area contributed by atoms with E-state index in [0.717, 1.165) is 18.5 Å². The molecule has 0 fully saturated rings. The zero-order valence-electron chi connectivity index (χ0n) is 12.8. The van der Waals surface area contributed by atoms with Gasteiger partial charge in [0.25, 0.3) is 0 Å². The molecule has 0 atom stereocenters. The lowest BCUT2D eigenvalue weighted by molar-refractivity contribution is -0.383. The summed E-state index contributed by atoms with van der Waals surface area (Å²) in [5.41, 5.74) is -0.567. The molecular weight excluding hydrogens is 324 g/mol. The maximum atomic E-state index is 13.7. The lowest BCUT2D eigenvalue weighted by atomic mass is 10.3. The number of ether oxygens (including phenoxy) is 1. The van der Waals surface area contributed by atoms with Crippen molar-refractivity contribution in [2.75, 3.05) is 30.9 Å². The number of methoxy groups -OCH3 is 1. The molecule has 8 nitrogen and oxygen atoms in total. The Hall–Kier alpha value is -2.88. The predicted molar refractivity (Wildman–Crippen MR) is 83.3 cm³/mol. The van der Waals surface area contributed by atoms with E-state index >= 15 is 0 Å². The maximum absolute atomic E-state index is 13.7. The molecule has 1 heterocycles. The highest BCUT2D eigenvalue weighted by Gasteiger charge is 2.23. The van der Waals surface area contributed by atoms with Crippen LogP contribution in [0.2, 0.25) is 0 Å². The second kappa shape index (κ2) is 8.11. The molecule has 0 spiro atoms. The molecule has 2 rings (SSSR count). The Morgan fingerprint density at radius 3 is 2.71 bits per heavy atom. The van der Waals surface area contributed by atoms with Crippen LogP contribution in [0.4, 0.5) is 31.8 Å². The van der Waals surface area contributed by atoms with Gasteiger partial charge in [-0.2, -0.15) is 0 Å². The van der Waals surface area contributed by atoms with Gasteiger partial charge in [0.05, 0.1) is 10.6 Å². The molecule has 128 valence electrons. The van der Waals surface area contributed by atoms with Gasteiger partial charge in [-0.3, -0.25) is 10.1 Å². The number of nitrogens with one attached hydrogen (secondary N) is 2. The molecule has 10 heteroatoms. The van der Waals surface area contributed by atoms with Crippen LogP contribution in [0.25, 0.3) is 0 Å². The molecule has 24 heavy (non-hydrogen) atoms. The van der Waals surface area contributed by atoms with Gasteiger partial charge in [-0.1, -0.05) is 0 Å². The standard InChI is InChI=1S/C14H15F2N5O3/c1-24-6-2-5-17-13-12(21(22)23)14(19-8-18-13)20-11-4-3-9(15)7-10(11)16/h3-4,7-8H,2,5-6H2,1H3,(H2,17,18,19,20). The topological polar surface area (TPSA) is 102 Å². The summed E-state index contributed by atoms with van der Waals surface area (Å²) >= 11 is 0. The first-order chi connectivity index (χ1) is 11.5. The summed E-state index contributed by atoms with van der Waals surface area (Å²) in [6.45, 7) is 0.883.